The summed E-state index contributed by atoms with van der Waals surface area (Å²) in [5, 5.41) is 9.96. The van der Waals surface area contributed by atoms with E-state index in [1.165, 1.54) is 0 Å². The molecule has 0 aliphatic carbocycles. The lowest BCUT2D eigenvalue weighted by molar-refractivity contribution is -0.144. The highest BCUT2D eigenvalue weighted by atomic mass is 16.5. The predicted octanol–water partition coefficient (Wildman–Crippen LogP) is 2.18. The van der Waals surface area contributed by atoms with Crippen molar-refractivity contribution in [1.29, 1.82) is 0 Å². The molecule has 0 radical (unpaired) electrons. The molecule has 8 heteroatoms. The molecule has 1 aromatic carbocycles. The molecule has 8 nitrogen and oxygen atoms in total. The first-order valence-corrected chi connectivity index (χ1v) is 8.86. The number of hydrogen-bond acceptors (Lipinski definition) is 5. The molecule has 2 N–H and O–H groups in total. The first-order valence-electron chi connectivity index (χ1n) is 8.86. The number of ether oxygens (including phenoxy) is 1. The zero-order valence-corrected chi connectivity index (χ0v) is 15.3. The second-order valence-corrected chi connectivity index (χ2v) is 6.30. The second-order valence-electron chi connectivity index (χ2n) is 6.30. The average molecular weight is 370 g/mol. The van der Waals surface area contributed by atoms with Gasteiger partial charge in [0.2, 0.25) is 11.8 Å². The Morgan fingerprint density at radius 2 is 2.04 bits per heavy atom. The number of rotatable bonds is 6. The van der Waals surface area contributed by atoms with Crippen LogP contribution in [0.3, 0.4) is 0 Å². The minimum Gasteiger partial charge on any atom is -0.466 e. The quantitative estimate of drug-likeness (QED) is 0.759. The summed E-state index contributed by atoms with van der Waals surface area (Å²) in [6, 6.07) is 9.64. The minimum absolute atomic E-state index is 0.00649. The number of aromatic nitrogens is 2. The largest absolute Gasteiger partial charge is 0.466 e. The summed E-state index contributed by atoms with van der Waals surface area (Å²) in [7, 11) is 1.71. The van der Waals surface area contributed by atoms with Crippen LogP contribution in [0, 0.1) is 0 Å². The monoisotopic (exact) mass is 370 g/mol. The van der Waals surface area contributed by atoms with Crippen LogP contribution in [0.4, 0.5) is 11.6 Å². The molecule has 0 spiro atoms. The fourth-order valence-electron chi connectivity index (χ4n) is 3.19. The third-order valence-electron chi connectivity index (χ3n) is 4.40. The van der Waals surface area contributed by atoms with Crippen molar-refractivity contribution in [3.05, 3.63) is 41.5 Å². The highest BCUT2D eigenvalue weighted by Crippen LogP contribution is 2.41. The Morgan fingerprint density at radius 3 is 2.74 bits per heavy atom. The number of nitrogens with zero attached hydrogens (tertiary/aromatic N) is 2. The van der Waals surface area contributed by atoms with Gasteiger partial charge in [-0.15, -0.1) is 0 Å². The number of nitrogens with one attached hydrogen (secondary N) is 2. The van der Waals surface area contributed by atoms with Gasteiger partial charge < -0.3 is 15.4 Å². The predicted molar refractivity (Wildman–Crippen MR) is 99.2 cm³/mol. The van der Waals surface area contributed by atoms with E-state index in [1.54, 1.807) is 18.7 Å². The van der Waals surface area contributed by atoms with Gasteiger partial charge in [-0.05, 0) is 12.5 Å². The Morgan fingerprint density at radius 1 is 1.30 bits per heavy atom. The van der Waals surface area contributed by atoms with Gasteiger partial charge in [-0.3, -0.25) is 19.1 Å². The molecule has 0 saturated heterocycles. The molecule has 1 aromatic heterocycles. The van der Waals surface area contributed by atoms with E-state index in [2.05, 4.69) is 15.7 Å². The van der Waals surface area contributed by atoms with Crippen LogP contribution in [-0.2, 0) is 26.2 Å². The lowest BCUT2D eigenvalue weighted by atomic mass is 9.86. The van der Waals surface area contributed by atoms with Crippen LogP contribution in [0.2, 0.25) is 0 Å². The van der Waals surface area contributed by atoms with Gasteiger partial charge in [0.15, 0.2) is 5.82 Å². The Hall–Kier alpha value is -3.16. The highest BCUT2D eigenvalue weighted by Gasteiger charge is 2.33. The molecule has 142 valence electrons. The number of carbonyl (C=O) groups excluding carboxylic acids is 3. The number of aryl methyl sites for hydroxylation is 1. The lowest BCUT2D eigenvalue weighted by Gasteiger charge is -2.24. The van der Waals surface area contributed by atoms with E-state index in [4.69, 9.17) is 4.74 Å². The Bertz CT molecular complexity index is 860. The third kappa shape index (κ3) is 4.16. The summed E-state index contributed by atoms with van der Waals surface area (Å²) in [6.45, 7) is 2.00. The molecule has 0 unspecified atom stereocenters. The number of esters is 1. The molecule has 2 heterocycles. The van der Waals surface area contributed by atoms with Gasteiger partial charge in [0.1, 0.15) is 5.82 Å². The zero-order valence-electron chi connectivity index (χ0n) is 15.3. The van der Waals surface area contributed by atoms with E-state index < -0.39 is 5.97 Å². The summed E-state index contributed by atoms with van der Waals surface area (Å²) >= 11 is 0. The number of anilines is 2. The molecular formula is C19H22N4O4. The summed E-state index contributed by atoms with van der Waals surface area (Å²) in [4.78, 5) is 35.8. The molecule has 2 amide bonds. The van der Waals surface area contributed by atoms with E-state index in [-0.39, 0.29) is 43.6 Å². The molecule has 0 bridgehead atoms. The lowest BCUT2D eigenvalue weighted by Crippen LogP contribution is -2.25. The van der Waals surface area contributed by atoms with Crippen LogP contribution in [0.5, 0.6) is 0 Å². The van der Waals surface area contributed by atoms with Gasteiger partial charge in [0.25, 0.3) is 0 Å². The number of hydrogen-bond donors (Lipinski definition) is 2. The first kappa shape index (κ1) is 18.6. The van der Waals surface area contributed by atoms with Crippen molar-refractivity contribution >= 4 is 29.4 Å². The molecule has 0 fully saturated rings. The number of benzene rings is 1. The summed E-state index contributed by atoms with van der Waals surface area (Å²) in [5.74, 6) is -0.0719. The van der Waals surface area contributed by atoms with Gasteiger partial charge in [-0.2, -0.15) is 5.10 Å². The van der Waals surface area contributed by atoms with Gasteiger partial charge in [0, 0.05) is 31.4 Å². The molecule has 1 aliphatic heterocycles. The third-order valence-corrected chi connectivity index (χ3v) is 4.40. The number of carbonyl (C=O) groups is 3. The van der Waals surface area contributed by atoms with Crippen molar-refractivity contribution < 1.29 is 19.1 Å². The molecular weight excluding hydrogens is 348 g/mol. The van der Waals surface area contributed by atoms with Gasteiger partial charge in [-0.25, -0.2) is 0 Å². The van der Waals surface area contributed by atoms with Crippen LogP contribution < -0.4 is 10.6 Å². The smallest absolute Gasteiger partial charge is 0.306 e. The Kier molecular flexibility index (Phi) is 5.54. The molecule has 1 atom stereocenters. The topological polar surface area (TPSA) is 102 Å². The van der Waals surface area contributed by atoms with Gasteiger partial charge in [-0.1, -0.05) is 30.3 Å². The maximum absolute atomic E-state index is 12.3. The van der Waals surface area contributed by atoms with Crippen LogP contribution >= 0.6 is 0 Å². The summed E-state index contributed by atoms with van der Waals surface area (Å²) in [6.07, 6.45) is 0.286. The Labute approximate surface area is 156 Å². The van der Waals surface area contributed by atoms with E-state index in [9.17, 15) is 14.4 Å². The minimum atomic E-state index is -0.412. The van der Waals surface area contributed by atoms with Crippen LogP contribution in [-0.4, -0.2) is 34.2 Å². The normalized spacial score (nSPS) is 15.6. The van der Waals surface area contributed by atoms with Crippen molar-refractivity contribution in [3.8, 4) is 0 Å². The van der Waals surface area contributed by atoms with Crippen LogP contribution in [0.15, 0.2) is 30.3 Å². The molecule has 1 aliphatic rings. The number of amides is 2. The van der Waals surface area contributed by atoms with Crippen molar-refractivity contribution in [3.63, 3.8) is 0 Å². The maximum Gasteiger partial charge on any atom is 0.306 e. The van der Waals surface area contributed by atoms with Crippen molar-refractivity contribution in [2.24, 2.45) is 7.05 Å². The van der Waals surface area contributed by atoms with E-state index in [0.717, 1.165) is 11.1 Å². The Balaban J connectivity index is 1.84. The molecule has 3 rings (SSSR count). The van der Waals surface area contributed by atoms with Crippen molar-refractivity contribution in [2.75, 3.05) is 17.2 Å². The second kappa shape index (κ2) is 8.03. The van der Waals surface area contributed by atoms with Gasteiger partial charge >= 0.3 is 5.97 Å². The molecule has 0 saturated carbocycles. The molecule has 27 heavy (non-hydrogen) atoms. The van der Waals surface area contributed by atoms with Crippen molar-refractivity contribution in [1.82, 2.24) is 9.78 Å². The zero-order chi connectivity index (χ0) is 19.4. The number of fused-ring (bicyclic) bond motifs is 1. The van der Waals surface area contributed by atoms with E-state index in [0.29, 0.717) is 11.6 Å². The fourth-order valence-corrected chi connectivity index (χ4v) is 3.19. The van der Waals surface area contributed by atoms with Crippen LogP contribution in [0.1, 0.15) is 43.2 Å². The first-order chi connectivity index (χ1) is 13.0. The standard InChI is InChI=1S/C19H22N4O4/c1-3-27-16(26)10-9-14(24)20-18-17-13(12-7-5-4-6-8-12)11-15(25)21-19(17)23(2)22-18/h4-8,13H,3,9-11H2,1-2H3,(H,21,25)(H,20,22,24)/t13-/m1/s1. The average Bonchev–Trinajstić information content (AvgIpc) is 2.96. The van der Waals surface area contributed by atoms with Gasteiger partial charge in [0.05, 0.1) is 13.0 Å². The SMILES string of the molecule is CCOC(=O)CCC(=O)Nc1nn(C)c2c1[C@@H](c1ccccc1)CC(=O)N2. The maximum atomic E-state index is 12.3. The summed E-state index contributed by atoms with van der Waals surface area (Å²) in [5.41, 5.74) is 1.75. The van der Waals surface area contributed by atoms with Crippen LogP contribution in [0.25, 0.3) is 0 Å². The fraction of sp³-hybridized carbons (Fsp3) is 0.368. The van der Waals surface area contributed by atoms with E-state index >= 15 is 0 Å². The summed E-state index contributed by atoms with van der Waals surface area (Å²) < 4.78 is 6.38. The van der Waals surface area contributed by atoms with E-state index in [1.807, 2.05) is 30.3 Å². The van der Waals surface area contributed by atoms with Crippen molar-refractivity contribution in [2.45, 2.75) is 32.1 Å². The highest BCUT2D eigenvalue weighted by molar-refractivity contribution is 5.98. The molecule has 2 aromatic rings.